The van der Waals surface area contributed by atoms with Crippen molar-refractivity contribution in [1.82, 2.24) is 29.7 Å². The van der Waals surface area contributed by atoms with Gasteiger partial charge in [0.15, 0.2) is 11.6 Å². The molecule has 0 aliphatic rings. The van der Waals surface area contributed by atoms with Crippen molar-refractivity contribution in [2.45, 2.75) is 32.1 Å². The van der Waals surface area contributed by atoms with E-state index in [-0.39, 0.29) is 29.2 Å². The van der Waals surface area contributed by atoms with E-state index in [1.807, 2.05) is 6.92 Å². The quantitative estimate of drug-likeness (QED) is 0.205. The number of rotatable bonds is 12. The van der Waals surface area contributed by atoms with E-state index in [1.54, 1.807) is 37.5 Å². The van der Waals surface area contributed by atoms with Crippen molar-refractivity contribution in [3.8, 4) is 17.4 Å². The second kappa shape index (κ2) is 12.4. The van der Waals surface area contributed by atoms with Crippen LogP contribution in [-0.2, 0) is 19.5 Å². The van der Waals surface area contributed by atoms with Crippen LogP contribution >= 0.6 is 0 Å². The Morgan fingerprint density at radius 1 is 1.18 bits per heavy atom. The van der Waals surface area contributed by atoms with Crippen molar-refractivity contribution in [2.24, 2.45) is 4.99 Å². The smallest absolute Gasteiger partial charge is 0.243 e. The van der Waals surface area contributed by atoms with E-state index in [1.165, 1.54) is 45.1 Å². The molecule has 38 heavy (non-hydrogen) atoms. The number of nitrogens with zero attached hydrogens (tertiary/aromatic N) is 7. The van der Waals surface area contributed by atoms with Gasteiger partial charge in [-0.15, -0.1) is 10.2 Å². The standard InChI is InChI=1S/C24H30N8O5S/c1-8-18(23(37-7)25-9-2)32-22(17-11-10-12-19(28-17)35-5)29-30-24(32)31-38(33,34)16(4)20(36-6)21-26-13-15(3)14-27-21/h8-14,16,20H,1H2,2-7H3,(H,30,31)/b23-18-,25-9-/t16-,20-/m0/s1. The van der Waals surface area contributed by atoms with E-state index in [9.17, 15) is 8.42 Å². The highest BCUT2D eigenvalue weighted by Crippen LogP contribution is 2.30. The largest absolute Gasteiger partial charge is 0.481 e. The highest BCUT2D eigenvalue weighted by atomic mass is 32.2. The number of allylic oxidation sites excluding steroid dienone is 2. The van der Waals surface area contributed by atoms with Gasteiger partial charge in [0.05, 0.1) is 14.2 Å². The molecule has 2 atom stereocenters. The fraction of sp³-hybridized carbons (Fsp3) is 0.333. The molecule has 0 spiro atoms. The predicted molar refractivity (Wildman–Crippen MR) is 143 cm³/mol. The summed E-state index contributed by atoms with van der Waals surface area (Å²) in [6.07, 6.45) is 5.18. The summed E-state index contributed by atoms with van der Waals surface area (Å²) >= 11 is 0. The van der Waals surface area contributed by atoms with E-state index >= 15 is 0 Å². The van der Waals surface area contributed by atoms with Gasteiger partial charge in [-0.25, -0.2) is 28.4 Å². The molecule has 0 unspecified atom stereocenters. The first kappa shape index (κ1) is 28.4. The van der Waals surface area contributed by atoms with Crippen LogP contribution in [0, 0.1) is 6.92 Å². The summed E-state index contributed by atoms with van der Waals surface area (Å²) in [6.45, 7) is 8.87. The van der Waals surface area contributed by atoms with E-state index in [4.69, 9.17) is 14.2 Å². The molecule has 0 radical (unpaired) electrons. The van der Waals surface area contributed by atoms with Crippen LogP contribution in [0.1, 0.15) is 31.3 Å². The van der Waals surface area contributed by atoms with Crippen LogP contribution in [-0.4, -0.2) is 70.9 Å². The number of ether oxygens (including phenoxy) is 3. The van der Waals surface area contributed by atoms with Crippen LogP contribution in [0.3, 0.4) is 0 Å². The zero-order valence-electron chi connectivity index (χ0n) is 22.0. The second-order valence-electron chi connectivity index (χ2n) is 7.86. The van der Waals surface area contributed by atoms with Crippen LogP contribution in [0.5, 0.6) is 5.88 Å². The van der Waals surface area contributed by atoms with E-state index < -0.39 is 21.4 Å². The molecule has 0 amide bonds. The zero-order chi connectivity index (χ0) is 27.9. The van der Waals surface area contributed by atoms with Crippen molar-refractivity contribution < 1.29 is 22.6 Å². The lowest BCUT2D eigenvalue weighted by Crippen LogP contribution is -2.33. The molecule has 14 heteroatoms. The molecule has 0 fully saturated rings. The molecule has 0 bridgehead atoms. The monoisotopic (exact) mass is 542 g/mol. The number of hydrogen-bond donors (Lipinski definition) is 1. The fourth-order valence-electron chi connectivity index (χ4n) is 3.45. The van der Waals surface area contributed by atoms with E-state index in [0.717, 1.165) is 5.56 Å². The van der Waals surface area contributed by atoms with Gasteiger partial charge in [0, 0.05) is 31.8 Å². The van der Waals surface area contributed by atoms with Gasteiger partial charge in [0.2, 0.25) is 27.7 Å². The highest BCUT2D eigenvalue weighted by molar-refractivity contribution is 7.93. The molecule has 3 aromatic rings. The Hall–Kier alpha value is -4.17. The van der Waals surface area contributed by atoms with Gasteiger partial charge in [-0.1, -0.05) is 12.6 Å². The first-order chi connectivity index (χ1) is 18.2. The predicted octanol–water partition coefficient (Wildman–Crippen LogP) is 3.01. The lowest BCUT2D eigenvalue weighted by Gasteiger charge is -2.22. The summed E-state index contributed by atoms with van der Waals surface area (Å²) in [6, 6.07) is 5.06. The number of hydrogen-bond acceptors (Lipinski definition) is 11. The number of methoxy groups -OCH3 is 3. The number of anilines is 1. The maximum absolute atomic E-state index is 13.5. The van der Waals surface area contributed by atoms with Crippen LogP contribution in [0.15, 0.2) is 54.1 Å². The van der Waals surface area contributed by atoms with Gasteiger partial charge >= 0.3 is 0 Å². The molecule has 0 aliphatic carbocycles. The Bertz CT molecular complexity index is 1430. The molecule has 3 aromatic heterocycles. The summed E-state index contributed by atoms with van der Waals surface area (Å²) in [5, 5.41) is 7.20. The van der Waals surface area contributed by atoms with E-state index in [0.29, 0.717) is 11.6 Å². The molecular weight excluding hydrogens is 512 g/mol. The molecule has 0 saturated heterocycles. The third kappa shape index (κ3) is 6.03. The molecule has 0 aliphatic heterocycles. The third-order valence-electron chi connectivity index (χ3n) is 5.38. The average molecular weight is 543 g/mol. The Kier molecular flexibility index (Phi) is 9.25. The molecular formula is C24H30N8O5S. The lowest BCUT2D eigenvalue weighted by molar-refractivity contribution is 0.0949. The Labute approximate surface area is 221 Å². The number of sulfonamides is 1. The highest BCUT2D eigenvalue weighted by Gasteiger charge is 2.34. The first-order valence-electron chi connectivity index (χ1n) is 11.4. The Morgan fingerprint density at radius 3 is 2.47 bits per heavy atom. The lowest BCUT2D eigenvalue weighted by atomic mass is 10.2. The minimum Gasteiger partial charge on any atom is -0.481 e. The van der Waals surface area contributed by atoms with Crippen molar-refractivity contribution >= 4 is 27.9 Å². The average Bonchev–Trinajstić information content (AvgIpc) is 3.32. The topological polar surface area (TPSA) is 156 Å². The maximum Gasteiger partial charge on any atom is 0.243 e. The van der Waals surface area contributed by atoms with Gasteiger partial charge in [0.1, 0.15) is 22.7 Å². The molecule has 13 nitrogen and oxygen atoms in total. The van der Waals surface area contributed by atoms with Crippen LogP contribution in [0.4, 0.5) is 5.95 Å². The van der Waals surface area contributed by atoms with Crippen molar-refractivity contribution in [3.63, 3.8) is 0 Å². The minimum atomic E-state index is -4.13. The van der Waals surface area contributed by atoms with Crippen LogP contribution < -0.4 is 9.46 Å². The number of aryl methyl sites for hydroxylation is 1. The van der Waals surface area contributed by atoms with Gasteiger partial charge in [-0.05, 0) is 38.5 Å². The van der Waals surface area contributed by atoms with E-state index in [2.05, 4.69) is 41.4 Å². The molecule has 202 valence electrons. The van der Waals surface area contributed by atoms with Gasteiger partial charge in [0.25, 0.3) is 0 Å². The summed E-state index contributed by atoms with van der Waals surface area (Å²) in [7, 11) is 0.166. The number of nitrogens with one attached hydrogen (secondary N) is 1. The number of aromatic nitrogens is 6. The zero-order valence-corrected chi connectivity index (χ0v) is 22.8. The minimum absolute atomic E-state index is 0.141. The van der Waals surface area contributed by atoms with Crippen molar-refractivity contribution in [2.75, 3.05) is 26.1 Å². The second-order valence-corrected chi connectivity index (χ2v) is 9.90. The molecule has 3 rings (SSSR count). The number of pyridine rings is 1. The normalized spacial score (nSPS) is 14.1. The summed E-state index contributed by atoms with van der Waals surface area (Å²) in [4.78, 5) is 17.1. The van der Waals surface area contributed by atoms with Crippen molar-refractivity contribution in [1.29, 1.82) is 0 Å². The summed E-state index contributed by atoms with van der Waals surface area (Å²) in [5.74, 6) is 0.741. The molecule has 0 saturated carbocycles. The molecule has 1 N–H and O–H groups in total. The van der Waals surface area contributed by atoms with Gasteiger partial charge in [-0.3, -0.25) is 9.29 Å². The van der Waals surface area contributed by atoms with Crippen LogP contribution in [0.2, 0.25) is 0 Å². The Balaban J connectivity index is 2.15. The molecule has 3 heterocycles. The number of aliphatic imine (C=N–C) groups is 1. The SMILES string of the molecule is C=C/C(=C(\N=C/C)OC)n1c(NS(=O)(=O)[C@@H](C)[C@H](OC)c2ncc(C)cn2)nnc1-c1cccc(OC)n1. The third-order valence-corrected chi connectivity index (χ3v) is 7.07. The van der Waals surface area contributed by atoms with Crippen molar-refractivity contribution in [3.05, 3.63) is 60.5 Å². The summed E-state index contributed by atoms with van der Waals surface area (Å²) in [5.41, 5.74) is 1.45. The van der Waals surface area contributed by atoms with Gasteiger partial charge in [-0.2, -0.15) is 0 Å². The Morgan fingerprint density at radius 2 is 1.89 bits per heavy atom. The fourth-order valence-corrected chi connectivity index (χ4v) is 4.58. The maximum atomic E-state index is 13.5. The molecule has 0 aromatic carbocycles. The summed E-state index contributed by atoms with van der Waals surface area (Å²) < 4.78 is 47.1. The van der Waals surface area contributed by atoms with Gasteiger partial charge < -0.3 is 14.2 Å². The first-order valence-corrected chi connectivity index (χ1v) is 12.9. The van der Waals surface area contributed by atoms with Crippen LogP contribution in [0.25, 0.3) is 17.2 Å².